The van der Waals surface area contributed by atoms with Gasteiger partial charge in [-0.3, -0.25) is 4.79 Å². The highest BCUT2D eigenvalue weighted by atomic mass is 127. The Bertz CT molecular complexity index is 538. The molecule has 0 aliphatic heterocycles. The number of nitrogens with zero attached hydrogens (tertiary/aromatic N) is 2. The number of likely N-dealkylation sites (N-methyl/N-ethyl adjacent to an activating group) is 1. The van der Waals surface area contributed by atoms with Crippen LogP contribution in [0.25, 0.3) is 0 Å². The number of amides is 1. The lowest BCUT2D eigenvalue weighted by molar-refractivity contribution is -0.130. The summed E-state index contributed by atoms with van der Waals surface area (Å²) in [6, 6.07) is 8.41. The van der Waals surface area contributed by atoms with Crippen molar-refractivity contribution in [2.75, 3.05) is 18.9 Å². The van der Waals surface area contributed by atoms with Gasteiger partial charge in [-0.05, 0) is 37.0 Å². The predicted molar refractivity (Wildman–Crippen MR) is 111 cm³/mol. The fraction of sp³-hybridized carbons (Fsp3) is 0.556. The van der Waals surface area contributed by atoms with Gasteiger partial charge in [-0.25, -0.2) is 4.99 Å². The van der Waals surface area contributed by atoms with Crippen LogP contribution in [0.5, 0.6) is 0 Å². The molecule has 5 nitrogen and oxygen atoms in total. The third-order valence-corrected chi connectivity index (χ3v) is 4.54. The first kappa shape index (κ1) is 20.7. The third-order valence-electron chi connectivity index (χ3n) is 4.54. The van der Waals surface area contributed by atoms with Crippen molar-refractivity contribution in [1.82, 2.24) is 4.90 Å². The monoisotopic (exact) mass is 444 g/mol. The number of guanidine groups is 1. The second kappa shape index (κ2) is 10.5. The molecule has 0 unspecified atom stereocenters. The van der Waals surface area contributed by atoms with Crippen LogP contribution in [0.2, 0.25) is 0 Å². The minimum atomic E-state index is 0. The molecule has 1 aromatic carbocycles. The Kier molecular flexibility index (Phi) is 9.10. The Morgan fingerprint density at radius 1 is 1.25 bits per heavy atom. The van der Waals surface area contributed by atoms with Gasteiger partial charge in [-0.15, -0.1) is 24.0 Å². The van der Waals surface area contributed by atoms with Crippen molar-refractivity contribution in [3.05, 3.63) is 29.8 Å². The number of hydrogen-bond donors (Lipinski definition) is 2. The molecular weight excluding hydrogens is 415 g/mol. The molecule has 1 aliphatic carbocycles. The first-order valence-electron chi connectivity index (χ1n) is 8.51. The van der Waals surface area contributed by atoms with Crippen molar-refractivity contribution in [3.8, 4) is 0 Å². The molecule has 24 heavy (non-hydrogen) atoms. The van der Waals surface area contributed by atoms with Gasteiger partial charge in [0.15, 0.2) is 5.96 Å². The van der Waals surface area contributed by atoms with E-state index >= 15 is 0 Å². The summed E-state index contributed by atoms with van der Waals surface area (Å²) < 4.78 is 0. The Labute approximate surface area is 162 Å². The van der Waals surface area contributed by atoms with Crippen molar-refractivity contribution in [2.24, 2.45) is 10.7 Å². The predicted octanol–water partition coefficient (Wildman–Crippen LogP) is 3.38. The highest BCUT2D eigenvalue weighted by Gasteiger charge is 2.21. The van der Waals surface area contributed by atoms with Crippen LogP contribution in [0.15, 0.2) is 29.3 Å². The van der Waals surface area contributed by atoms with Crippen molar-refractivity contribution >= 4 is 41.5 Å². The quantitative estimate of drug-likeness (QED) is 0.416. The molecule has 1 aliphatic rings. The van der Waals surface area contributed by atoms with Crippen LogP contribution < -0.4 is 11.1 Å². The second-order valence-corrected chi connectivity index (χ2v) is 6.17. The smallest absolute Gasteiger partial charge is 0.244 e. The molecule has 0 bridgehead atoms. The van der Waals surface area contributed by atoms with Gasteiger partial charge in [0, 0.05) is 18.8 Å². The first-order chi connectivity index (χ1) is 11.1. The summed E-state index contributed by atoms with van der Waals surface area (Å²) in [6.07, 6.45) is 6.91. The molecule has 0 spiro atoms. The molecule has 1 amide bonds. The standard InChI is InChI=1S/C18H28N4O.HI/c1-3-14-9-11-15(12-10-14)21-18(19)20-13-17(23)22(2)16-7-5-4-6-8-16;/h9-12,16H,3-8,13H2,1-2H3,(H3,19,20,21);1H. The number of nitrogens with one attached hydrogen (secondary N) is 1. The van der Waals surface area contributed by atoms with Crippen LogP contribution in [0, 0.1) is 0 Å². The molecule has 1 saturated carbocycles. The summed E-state index contributed by atoms with van der Waals surface area (Å²) in [4.78, 5) is 18.2. The van der Waals surface area contributed by atoms with E-state index in [9.17, 15) is 4.79 Å². The minimum Gasteiger partial charge on any atom is -0.370 e. The Hall–Kier alpha value is -1.31. The minimum absolute atomic E-state index is 0. The van der Waals surface area contributed by atoms with E-state index in [-0.39, 0.29) is 42.4 Å². The number of benzene rings is 1. The zero-order valence-corrected chi connectivity index (χ0v) is 17.0. The van der Waals surface area contributed by atoms with Crippen LogP contribution in [0.3, 0.4) is 0 Å². The van der Waals surface area contributed by atoms with Gasteiger partial charge in [-0.1, -0.05) is 38.3 Å². The molecule has 0 radical (unpaired) electrons. The van der Waals surface area contributed by atoms with Crippen molar-refractivity contribution < 1.29 is 4.79 Å². The number of carbonyl (C=O) groups excluding carboxylic acids is 1. The topological polar surface area (TPSA) is 70.7 Å². The second-order valence-electron chi connectivity index (χ2n) is 6.17. The molecule has 0 aromatic heterocycles. The SMILES string of the molecule is CCc1ccc(NC(N)=NCC(=O)N(C)C2CCCCC2)cc1.I. The average Bonchev–Trinajstić information content (AvgIpc) is 2.60. The number of anilines is 1. The van der Waals surface area contributed by atoms with E-state index < -0.39 is 0 Å². The largest absolute Gasteiger partial charge is 0.370 e. The van der Waals surface area contributed by atoms with E-state index in [1.807, 2.05) is 24.1 Å². The molecule has 0 atom stereocenters. The van der Waals surface area contributed by atoms with Crippen LogP contribution in [-0.2, 0) is 11.2 Å². The van der Waals surface area contributed by atoms with Gasteiger partial charge >= 0.3 is 0 Å². The fourth-order valence-electron chi connectivity index (χ4n) is 2.95. The molecule has 1 fully saturated rings. The molecule has 0 heterocycles. The fourth-order valence-corrected chi connectivity index (χ4v) is 2.95. The van der Waals surface area contributed by atoms with Crippen molar-refractivity contribution in [3.63, 3.8) is 0 Å². The Morgan fingerprint density at radius 3 is 2.46 bits per heavy atom. The van der Waals surface area contributed by atoms with E-state index in [2.05, 4.69) is 29.4 Å². The normalized spacial score (nSPS) is 15.5. The van der Waals surface area contributed by atoms with Gasteiger partial charge in [-0.2, -0.15) is 0 Å². The summed E-state index contributed by atoms with van der Waals surface area (Å²) in [5.74, 6) is 0.308. The molecule has 1 aromatic rings. The summed E-state index contributed by atoms with van der Waals surface area (Å²) in [5.41, 5.74) is 8.03. The van der Waals surface area contributed by atoms with E-state index in [0.29, 0.717) is 6.04 Å². The summed E-state index contributed by atoms with van der Waals surface area (Å²) in [7, 11) is 1.88. The van der Waals surface area contributed by atoms with Crippen molar-refractivity contribution in [2.45, 2.75) is 51.5 Å². The summed E-state index contributed by atoms with van der Waals surface area (Å²) >= 11 is 0. The molecule has 6 heteroatoms. The number of aryl methyl sites for hydroxylation is 1. The van der Waals surface area contributed by atoms with Crippen LogP contribution >= 0.6 is 24.0 Å². The Balaban J connectivity index is 0.00000288. The number of aliphatic imine (C=N–C) groups is 1. The summed E-state index contributed by atoms with van der Waals surface area (Å²) in [6.45, 7) is 2.21. The van der Waals surface area contributed by atoms with E-state index in [1.165, 1.54) is 24.8 Å². The zero-order chi connectivity index (χ0) is 16.7. The maximum absolute atomic E-state index is 12.2. The van der Waals surface area contributed by atoms with Crippen molar-refractivity contribution in [1.29, 1.82) is 0 Å². The maximum atomic E-state index is 12.2. The van der Waals surface area contributed by atoms with Crippen LogP contribution in [0.1, 0.15) is 44.6 Å². The van der Waals surface area contributed by atoms with E-state index in [1.54, 1.807) is 0 Å². The lowest BCUT2D eigenvalue weighted by Crippen LogP contribution is -2.40. The third kappa shape index (κ3) is 6.30. The van der Waals surface area contributed by atoms with Gasteiger partial charge < -0.3 is 16.0 Å². The molecule has 2 rings (SSSR count). The van der Waals surface area contributed by atoms with Gasteiger partial charge in [0.25, 0.3) is 0 Å². The van der Waals surface area contributed by atoms with Crippen LogP contribution in [0.4, 0.5) is 5.69 Å². The van der Waals surface area contributed by atoms with E-state index in [4.69, 9.17) is 5.73 Å². The lowest BCUT2D eigenvalue weighted by atomic mass is 9.94. The number of nitrogens with two attached hydrogens (primary N) is 1. The number of halogens is 1. The van der Waals surface area contributed by atoms with Gasteiger partial charge in [0.2, 0.25) is 5.91 Å². The van der Waals surface area contributed by atoms with E-state index in [0.717, 1.165) is 24.9 Å². The lowest BCUT2D eigenvalue weighted by Gasteiger charge is -2.30. The van der Waals surface area contributed by atoms with Gasteiger partial charge in [0.1, 0.15) is 6.54 Å². The maximum Gasteiger partial charge on any atom is 0.244 e. The zero-order valence-electron chi connectivity index (χ0n) is 14.6. The highest BCUT2D eigenvalue weighted by molar-refractivity contribution is 14.0. The molecule has 3 N–H and O–H groups in total. The number of carbonyl (C=O) groups is 1. The van der Waals surface area contributed by atoms with Crippen LogP contribution in [-0.4, -0.2) is 36.4 Å². The molecule has 134 valence electrons. The average molecular weight is 444 g/mol. The highest BCUT2D eigenvalue weighted by Crippen LogP contribution is 2.21. The molecular formula is C18H29IN4O. The number of hydrogen-bond acceptors (Lipinski definition) is 2. The number of rotatable bonds is 5. The Morgan fingerprint density at radius 2 is 1.88 bits per heavy atom. The molecule has 0 saturated heterocycles. The summed E-state index contributed by atoms with van der Waals surface area (Å²) in [5, 5.41) is 3.02. The van der Waals surface area contributed by atoms with Gasteiger partial charge in [0.05, 0.1) is 0 Å². The first-order valence-corrected chi connectivity index (χ1v) is 8.51.